The molecule has 3 aliphatic rings. The van der Waals surface area contributed by atoms with E-state index >= 15 is 0 Å². The summed E-state index contributed by atoms with van der Waals surface area (Å²) in [5.74, 6) is 1.25. The first-order valence-corrected chi connectivity index (χ1v) is 11.1. The second-order valence-electron chi connectivity index (χ2n) is 9.72. The predicted octanol–water partition coefficient (Wildman–Crippen LogP) is 5.49. The second-order valence-corrected chi connectivity index (χ2v) is 10.2. The number of benzene rings is 1. The minimum atomic E-state index is -0.997. The molecular weight excluding hydrogens is 416 g/mol. The number of rotatable bonds is 2. The number of ether oxygens (including phenoxy) is 3. The third-order valence-corrected chi connectivity index (χ3v) is 6.46. The molecule has 1 aromatic carbocycles. The fourth-order valence-electron chi connectivity index (χ4n) is 4.77. The standard InChI is InChI=1S/C24H27ClN2O4/c1-23(2,3)31-22(28)27-11-10-15(17-12-18(17)27)16-6-5-7-19-21(16)30-24(4,29-19)20-9-8-14(25)13-26-20/h5-9,13,15,17-18H,10-12H2,1-4H3/t15-,17?,18?,24-/m0/s1. The molecule has 0 bridgehead atoms. The van der Waals surface area contributed by atoms with E-state index in [1.165, 1.54) is 0 Å². The van der Waals surface area contributed by atoms with Gasteiger partial charge in [-0.15, -0.1) is 0 Å². The van der Waals surface area contributed by atoms with Crippen LogP contribution in [0.1, 0.15) is 57.7 Å². The van der Waals surface area contributed by atoms with E-state index in [-0.39, 0.29) is 12.1 Å². The fourth-order valence-corrected chi connectivity index (χ4v) is 4.88. The van der Waals surface area contributed by atoms with Crippen LogP contribution in [0.4, 0.5) is 4.79 Å². The van der Waals surface area contributed by atoms with Crippen molar-refractivity contribution in [3.8, 4) is 11.5 Å². The Balaban J connectivity index is 1.36. The first kappa shape index (κ1) is 20.4. The Kier molecular flexibility index (Phi) is 4.63. The molecule has 164 valence electrons. The predicted molar refractivity (Wildman–Crippen MR) is 116 cm³/mol. The Bertz CT molecular complexity index is 1020. The van der Waals surface area contributed by atoms with Gasteiger partial charge in [0.25, 0.3) is 5.79 Å². The number of aromatic nitrogens is 1. The van der Waals surface area contributed by atoms with Crippen LogP contribution in [0.25, 0.3) is 0 Å². The van der Waals surface area contributed by atoms with Crippen molar-refractivity contribution in [2.75, 3.05) is 6.54 Å². The molecule has 6 nitrogen and oxygen atoms in total. The zero-order valence-corrected chi connectivity index (χ0v) is 19.0. The molecule has 0 N–H and O–H groups in total. The van der Waals surface area contributed by atoms with E-state index in [0.717, 1.165) is 29.9 Å². The van der Waals surface area contributed by atoms with Gasteiger partial charge in [0.05, 0.1) is 5.02 Å². The maximum Gasteiger partial charge on any atom is 0.410 e. The van der Waals surface area contributed by atoms with E-state index < -0.39 is 11.4 Å². The molecule has 4 atom stereocenters. The lowest BCUT2D eigenvalue weighted by Gasteiger charge is -2.33. The van der Waals surface area contributed by atoms with Crippen LogP contribution in [-0.2, 0) is 10.5 Å². The Labute approximate surface area is 187 Å². The molecule has 2 unspecified atom stereocenters. The van der Waals surface area contributed by atoms with Crippen molar-refractivity contribution < 1.29 is 19.0 Å². The molecule has 1 aromatic heterocycles. The Morgan fingerprint density at radius 3 is 2.77 bits per heavy atom. The normalized spacial score (nSPS) is 28.8. The molecular formula is C24H27ClN2O4. The average molecular weight is 443 g/mol. The lowest BCUT2D eigenvalue weighted by Crippen LogP contribution is -2.42. The summed E-state index contributed by atoms with van der Waals surface area (Å²) in [6, 6.07) is 9.90. The molecule has 0 radical (unpaired) electrons. The number of carbonyl (C=O) groups excluding carboxylic acids is 1. The molecule has 2 fully saturated rings. The Morgan fingerprint density at radius 1 is 1.26 bits per heavy atom. The summed E-state index contributed by atoms with van der Waals surface area (Å²) in [4.78, 5) is 18.9. The molecule has 5 rings (SSSR count). The van der Waals surface area contributed by atoms with Crippen LogP contribution in [0.15, 0.2) is 36.5 Å². The van der Waals surface area contributed by atoms with Crippen LogP contribution < -0.4 is 9.47 Å². The van der Waals surface area contributed by atoms with Gasteiger partial charge in [0.15, 0.2) is 11.5 Å². The number of hydrogen-bond donors (Lipinski definition) is 0. The number of piperidine rings is 1. The highest BCUT2D eigenvalue weighted by Gasteiger charge is 2.54. The monoisotopic (exact) mass is 442 g/mol. The van der Waals surface area contributed by atoms with E-state index in [1.807, 2.05) is 50.8 Å². The number of amides is 1. The zero-order valence-electron chi connectivity index (χ0n) is 18.2. The van der Waals surface area contributed by atoms with Crippen molar-refractivity contribution in [2.24, 2.45) is 5.92 Å². The zero-order chi connectivity index (χ0) is 22.0. The van der Waals surface area contributed by atoms with Gasteiger partial charge < -0.3 is 19.1 Å². The smallest absolute Gasteiger partial charge is 0.410 e. The molecule has 31 heavy (non-hydrogen) atoms. The largest absolute Gasteiger partial charge is 0.444 e. The summed E-state index contributed by atoms with van der Waals surface area (Å²) in [5.41, 5.74) is 1.33. The molecule has 1 amide bonds. The molecule has 2 aromatic rings. The number of fused-ring (bicyclic) bond motifs is 2. The quantitative estimate of drug-likeness (QED) is 0.615. The summed E-state index contributed by atoms with van der Waals surface area (Å²) >= 11 is 5.99. The van der Waals surface area contributed by atoms with Gasteiger partial charge in [0, 0.05) is 31.3 Å². The average Bonchev–Trinajstić information content (AvgIpc) is 3.41. The van der Waals surface area contributed by atoms with Gasteiger partial charge in [-0.1, -0.05) is 23.7 Å². The Hall–Kier alpha value is -2.47. The number of carbonyl (C=O) groups is 1. The maximum atomic E-state index is 12.6. The van der Waals surface area contributed by atoms with E-state index in [0.29, 0.717) is 29.1 Å². The first-order valence-electron chi connectivity index (χ1n) is 10.8. The number of likely N-dealkylation sites (tertiary alicyclic amines) is 1. The second kappa shape index (κ2) is 7.02. The molecule has 2 aliphatic heterocycles. The lowest BCUT2D eigenvalue weighted by molar-refractivity contribution is -0.0722. The molecule has 1 saturated carbocycles. The highest BCUT2D eigenvalue weighted by Crippen LogP contribution is 2.56. The summed E-state index contributed by atoms with van der Waals surface area (Å²) < 4.78 is 18.2. The van der Waals surface area contributed by atoms with Gasteiger partial charge in [0.1, 0.15) is 11.3 Å². The molecule has 7 heteroatoms. The summed E-state index contributed by atoms with van der Waals surface area (Å²) in [5, 5.41) is 0.570. The van der Waals surface area contributed by atoms with Gasteiger partial charge in [-0.3, -0.25) is 4.98 Å². The SMILES string of the molecule is CC(C)(C)OC(=O)N1CC[C@@H](c2cccc3c2O[C@@](C)(c2ccc(Cl)cn2)O3)C2CC21. The van der Waals surface area contributed by atoms with Crippen LogP contribution in [0.2, 0.25) is 5.02 Å². The van der Waals surface area contributed by atoms with Crippen molar-refractivity contribution in [2.45, 2.75) is 63.9 Å². The van der Waals surface area contributed by atoms with E-state index in [9.17, 15) is 4.79 Å². The van der Waals surface area contributed by atoms with Gasteiger partial charge in [-0.05, 0) is 63.6 Å². The van der Waals surface area contributed by atoms with Crippen LogP contribution in [0.5, 0.6) is 11.5 Å². The topological polar surface area (TPSA) is 60.9 Å². The minimum Gasteiger partial charge on any atom is -0.444 e. The number of para-hydroxylation sites is 1. The number of halogens is 1. The highest BCUT2D eigenvalue weighted by atomic mass is 35.5. The first-order chi connectivity index (χ1) is 14.6. The lowest BCUT2D eigenvalue weighted by atomic mass is 9.87. The summed E-state index contributed by atoms with van der Waals surface area (Å²) in [6.07, 6.45) is 3.25. The molecule has 3 heterocycles. The molecule has 0 spiro atoms. The van der Waals surface area contributed by atoms with E-state index in [1.54, 1.807) is 12.3 Å². The van der Waals surface area contributed by atoms with Crippen LogP contribution in [0, 0.1) is 5.92 Å². The molecule has 1 saturated heterocycles. The third kappa shape index (κ3) is 3.71. The van der Waals surface area contributed by atoms with Crippen molar-refractivity contribution in [1.82, 2.24) is 9.88 Å². The fraction of sp³-hybridized carbons (Fsp3) is 0.500. The van der Waals surface area contributed by atoms with Crippen molar-refractivity contribution in [1.29, 1.82) is 0 Å². The van der Waals surface area contributed by atoms with Gasteiger partial charge in [0.2, 0.25) is 0 Å². The summed E-state index contributed by atoms with van der Waals surface area (Å²) in [7, 11) is 0. The van der Waals surface area contributed by atoms with E-state index in [4.69, 9.17) is 25.8 Å². The van der Waals surface area contributed by atoms with Crippen LogP contribution in [-0.4, -0.2) is 34.2 Å². The van der Waals surface area contributed by atoms with Gasteiger partial charge in [-0.2, -0.15) is 0 Å². The third-order valence-electron chi connectivity index (χ3n) is 6.23. The van der Waals surface area contributed by atoms with Crippen molar-refractivity contribution >= 4 is 17.7 Å². The van der Waals surface area contributed by atoms with Crippen LogP contribution in [0.3, 0.4) is 0 Å². The van der Waals surface area contributed by atoms with Crippen LogP contribution >= 0.6 is 11.6 Å². The van der Waals surface area contributed by atoms with E-state index in [2.05, 4.69) is 11.1 Å². The summed E-state index contributed by atoms with van der Waals surface area (Å²) in [6.45, 7) is 8.26. The van der Waals surface area contributed by atoms with Gasteiger partial charge in [-0.25, -0.2) is 4.79 Å². The maximum absolute atomic E-state index is 12.6. The molecule has 1 aliphatic carbocycles. The minimum absolute atomic E-state index is 0.210. The number of nitrogens with zero attached hydrogens (tertiary/aromatic N) is 2. The highest BCUT2D eigenvalue weighted by molar-refractivity contribution is 6.30. The number of pyridine rings is 1. The van der Waals surface area contributed by atoms with Crippen molar-refractivity contribution in [3.63, 3.8) is 0 Å². The van der Waals surface area contributed by atoms with Gasteiger partial charge >= 0.3 is 6.09 Å². The Morgan fingerprint density at radius 2 is 2.06 bits per heavy atom. The van der Waals surface area contributed by atoms with Crippen molar-refractivity contribution in [3.05, 3.63) is 52.8 Å². The number of hydrogen-bond acceptors (Lipinski definition) is 5.